The fraction of sp³-hybridized carbons (Fsp3) is 0.500. The highest BCUT2D eigenvalue weighted by Crippen LogP contribution is 2.28. The molecule has 0 unspecified atom stereocenters. The van der Waals surface area contributed by atoms with Crippen LogP contribution < -0.4 is 5.32 Å². The number of nitro benzene ring substituents is 1. The van der Waals surface area contributed by atoms with Gasteiger partial charge in [0.25, 0.3) is 5.69 Å². The summed E-state index contributed by atoms with van der Waals surface area (Å²) in [7, 11) is 0.750. The molecule has 8 nitrogen and oxygen atoms in total. The molecule has 1 aromatic carbocycles. The zero-order valence-electron chi connectivity index (χ0n) is 12.2. The van der Waals surface area contributed by atoms with E-state index in [2.05, 4.69) is 5.32 Å². The number of ether oxygens (including phenoxy) is 1. The Kier molecular flexibility index (Phi) is 6.06. The Hall–Kier alpha value is -1.71. The minimum absolute atomic E-state index is 0.104. The van der Waals surface area contributed by atoms with Gasteiger partial charge in [0.15, 0.2) is 0 Å². The molecule has 0 saturated heterocycles. The number of rotatable bonds is 8. The average Bonchev–Trinajstić information content (AvgIpc) is 2.46. The summed E-state index contributed by atoms with van der Waals surface area (Å²) in [5.41, 5.74) is -0.00940. The summed E-state index contributed by atoms with van der Waals surface area (Å²) in [6.45, 7) is 0.719. The van der Waals surface area contributed by atoms with Gasteiger partial charge in [0.05, 0.1) is 9.82 Å². The first kappa shape index (κ1) is 17.3. The van der Waals surface area contributed by atoms with E-state index in [9.17, 15) is 18.5 Å². The van der Waals surface area contributed by atoms with Gasteiger partial charge in [0.2, 0.25) is 10.0 Å². The van der Waals surface area contributed by atoms with Crippen molar-refractivity contribution in [2.75, 3.05) is 39.7 Å². The van der Waals surface area contributed by atoms with E-state index in [1.54, 1.807) is 0 Å². The number of nitro groups is 1. The molecule has 0 radical (unpaired) electrons. The number of hydrogen-bond acceptors (Lipinski definition) is 6. The fourth-order valence-electron chi connectivity index (χ4n) is 1.77. The van der Waals surface area contributed by atoms with Crippen LogP contribution in [0.3, 0.4) is 0 Å². The third-order valence-corrected chi connectivity index (χ3v) is 4.82. The number of benzene rings is 1. The minimum atomic E-state index is -3.75. The van der Waals surface area contributed by atoms with Crippen LogP contribution in [0.25, 0.3) is 0 Å². The highest BCUT2D eigenvalue weighted by Gasteiger charge is 2.24. The molecule has 0 aliphatic carbocycles. The third-order valence-electron chi connectivity index (χ3n) is 2.96. The highest BCUT2D eigenvalue weighted by molar-refractivity contribution is 7.89. The Labute approximate surface area is 123 Å². The van der Waals surface area contributed by atoms with Crippen molar-refractivity contribution in [3.05, 3.63) is 28.3 Å². The molecule has 0 aliphatic rings. The number of hydrogen-bond donors (Lipinski definition) is 1. The van der Waals surface area contributed by atoms with Crippen LogP contribution in [0.4, 0.5) is 11.4 Å². The summed E-state index contributed by atoms with van der Waals surface area (Å²) in [5, 5.41) is 13.6. The van der Waals surface area contributed by atoms with Crippen molar-refractivity contribution in [2.24, 2.45) is 0 Å². The first-order valence-corrected chi connectivity index (χ1v) is 7.70. The molecule has 9 heteroatoms. The van der Waals surface area contributed by atoms with Crippen molar-refractivity contribution in [1.82, 2.24) is 4.31 Å². The molecular formula is C12H19N3O5S. The van der Waals surface area contributed by atoms with Crippen molar-refractivity contribution in [2.45, 2.75) is 11.3 Å². The number of anilines is 1. The third kappa shape index (κ3) is 4.13. The summed E-state index contributed by atoms with van der Waals surface area (Å²) < 4.78 is 30.7. The molecule has 0 spiro atoms. The van der Waals surface area contributed by atoms with E-state index >= 15 is 0 Å². The second kappa shape index (κ2) is 7.34. The van der Waals surface area contributed by atoms with Gasteiger partial charge in [-0.3, -0.25) is 10.1 Å². The zero-order chi connectivity index (χ0) is 16.0. The molecule has 0 aromatic heterocycles. The van der Waals surface area contributed by atoms with Crippen LogP contribution in [-0.4, -0.2) is 52.0 Å². The predicted octanol–water partition coefficient (Wildman–Crippen LogP) is 1.29. The van der Waals surface area contributed by atoms with E-state index in [0.717, 1.165) is 10.4 Å². The zero-order valence-corrected chi connectivity index (χ0v) is 13.0. The minimum Gasteiger partial charge on any atom is -0.385 e. The van der Waals surface area contributed by atoms with Crippen LogP contribution in [0.1, 0.15) is 6.42 Å². The van der Waals surface area contributed by atoms with Crippen LogP contribution in [0.5, 0.6) is 0 Å². The van der Waals surface area contributed by atoms with Crippen molar-refractivity contribution in [3.8, 4) is 0 Å². The van der Waals surface area contributed by atoms with Gasteiger partial charge >= 0.3 is 0 Å². The Morgan fingerprint density at radius 1 is 1.43 bits per heavy atom. The van der Waals surface area contributed by atoms with Gasteiger partial charge in [0, 0.05) is 40.4 Å². The molecule has 0 fully saturated rings. The van der Waals surface area contributed by atoms with Crippen LogP contribution in [0.15, 0.2) is 23.1 Å². The Morgan fingerprint density at radius 2 is 2.10 bits per heavy atom. The van der Waals surface area contributed by atoms with Gasteiger partial charge in [-0.05, 0) is 18.6 Å². The van der Waals surface area contributed by atoms with Gasteiger partial charge < -0.3 is 10.1 Å². The second-order valence-electron chi connectivity index (χ2n) is 4.36. The number of methoxy groups -OCH3 is 1. The molecular weight excluding hydrogens is 298 g/mol. The predicted molar refractivity (Wildman–Crippen MR) is 79.0 cm³/mol. The topological polar surface area (TPSA) is 102 Å². The summed E-state index contributed by atoms with van der Waals surface area (Å²) in [6, 6.07) is 3.79. The maximum atomic E-state index is 12.3. The number of sulfonamides is 1. The highest BCUT2D eigenvalue weighted by atomic mass is 32.2. The molecule has 0 atom stereocenters. The van der Waals surface area contributed by atoms with Crippen molar-refractivity contribution in [3.63, 3.8) is 0 Å². The molecule has 0 heterocycles. The summed E-state index contributed by atoms with van der Waals surface area (Å²) in [4.78, 5) is 10.3. The maximum Gasteiger partial charge on any atom is 0.293 e. The van der Waals surface area contributed by atoms with E-state index in [1.807, 2.05) is 0 Å². The monoisotopic (exact) mass is 317 g/mol. The Morgan fingerprint density at radius 3 is 2.62 bits per heavy atom. The van der Waals surface area contributed by atoms with E-state index in [4.69, 9.17) is 4.74 Å². The van der Waals surface area contributed by atoms with Crippen LogP contribution in [0.2, 0.25) is 0 Å². The molecule has 0 amide bonds. The van der Waals surface area contributed by atoms with Gasteiger partial charge in [-0.25, -0.2) is 12.7 Å². The Balaban J connectivity index is 3.08. The van der Waals surface area contributed by atoms with Gasteiger partial charge in [0.1, 0.15) is 5.69 Å². The normalized spacial score (nSPS) is 11.6. The summed E-state index contributed by atoms with van der Waals surface area (Å²) in [6.07, 6.45) is 0.545. The van der Waals surface area contributed by atoms with Crippen molar-refractivity contribution in [1.29, 1.82) is 0 Å². The molecule has 21 heavy (non-hydrogen) atoms. The van der Waals surface area contributed by atoms with Gasteiger partial charge in [-0.1, -0.05) is 0 Å². The second-order valence-corrected chi connectivity index (χ2v) is 6.40. The fourth-order valence-corrected chi connectivity index (χ4v) is 3.00. The summed E-state index contributed by atoms with van der Waals surface area (Å²) >= 11 is 0. The lowest BCUT2D eigenvalue weighted by Crippen LogP contribution is -2.28. The maximum absolute atomic E-state index is 12.3. The van der Waals surface area contributed by atoms with Crippen molar-refractivity contribution >= 4 is 21.4 Å². The van der Waals surface area contributed by atoms with Crippen LogP contribution >= 0.6 is 0 Å². The van der Waals surface area contributed by atoms with Crippen LogP contribution in [0, 0.1) is 10.1 Å². The first-order chi connectivity index (χ1) is 9.84. The van der Waals surface area contributed by atoms with Crippen LogP contribution in [-0.2, 0) is 14.8 Å². The van der Waals surface area contributed by atoms with E-state index < -0.39 is 14.9 Å². The Bertz CT molecular complexity index is 603. The average molecular weight is 317 g/mol. The standard InChI is InChI=1S/C12H19N3O5S/c1-13-11-6-5-10(9-12(11)15(16)17)21(18,19)14(2)7-4-8-20-3/h5-6,9,13H,4,7-8H2,1-3H3. The van der Waals surface area contributed by atoms with Gasteiger partial charge in [-0.2, -0.15) is 0 Å². The lowest BCUT2D eigenvalue weighted by molar-refractivity contribution is -0.384. The molecule has 0 saturated carbocycles. The van der Waals surface area contributed by atoms with E-state index in [1.165, 1.54) is 33.3 Å². The number of nitrogens with zero attached hydrogens (tertiary/aromatic N) is 2. The summed E-state index contributed by atoms with van der Waals surface area (Å²) in [5.74, 6) is 0. The SMILES string of the molecule is CNc1ccc(S(=O)(=O)N(C)CCCOC)cc1[N+](=O)[O-]. The van der Waals surface area contributed by atoms with Gasteiger partial charge in [-0.15, -0.1) is 0 Å². The lowest BCUT2D eigenvalue weighted by Gasteiger charge is -2.17. The van der Waals surface area contributed by atoms with E-state index in [0.29, 0.717) is 13.0 Å². The van der Waals surface area contributed by atoms with E-state index in [-0.39, 0.29) is 22.8 Å². The number of nitrogens with one attached hydrogen (secondary N) is 1. The molecule has 0 bridgehead atoms. The largest absolute Gasteiger partial charge is 0.385 e. The molecule has 118 valence electrons. The molecule has 1 aromatic rings. The molecule has 1 N–H and O–H groups in total. The first-order valence-electron chi connectivity index (χ1n) is 6.26. The van der Waals surface area contributed by atoms with Crippen molar-refractivity contribution < 1.29 is 18.1 Å². The quantitative estimate of drug-likeness (QED) is 0.440. The molecule has 1 rings (SSSR count). The molecule has 0 aliphatic heterocycles. The smallest absolute Gasteiger partial charge is 0.293 e. The lowest BCUT2D eigenvalue weighted by atomic mass is 10.3.